The molecule has 0 aromatic rings. The molecule has 0 aliphatic rings. The van der Waals surface area contributed by atoms with Gasteiger partial charge in [0.1, 0.15) is 0 Å². The molecule has 2 heteroatoms. The fourth-order valence-corrected chi connectivity index (χ4v) is 0.612. The van der Waals surface area contributed by atoms with Crippen LogP contribution in [0.3, 0.4) is 0 Å². The zero-order chi connectivity index (χ0) is 6.24. The first-order valence-corrected chi connectivity index (χ1v) is 3.23. The van der Waals surface area contributed by atoms with Gasteiger partial charge >= 0.3 is 0 Å². The molecule has 0 atom stereocenters. The predicted molar refractivity (Wildman–Crippen MR) is 34.3 cm³/mol. The van der Waals surface area contributed by atoms with Crippen LogP contribution in [0.2, 0.25) is 0 Å². The topological polar surface area (TPSA) is 35.2 Å². The summed E-state index contributed by atoms with van der Waals surface area (Å²) in [4.78, 5) is 4.39. The Kier molecular flexibility index (Phi) is 6.85. The number of nitrogens with two attached hydrogens (primary N) is 1. The first kappa shape index (κ1) is 7.92. The monoisotopic (exact) mass is 117 g/mol. The number of rotatable bonds is 5. The molecule has 0 aliphatic carbocycles. The van der Waals surface area contributed by atoms with Crippen molar-refractivity contribution in [1.82, 2.24) is 0 Å². The van der Waals surface area contributed by atoms with Crippen LogP contribution in [0.1, 0.15) is 32.6 Å². The van der Waals surface area contributed by atoms with Gasteiger partial charge in [0.05, 0.1) is 6.61 Å². The minimum absolute atomic E-state index is 0.708. The summed E-state index contributed by atoms with van der Waals surface area (Å²) in [7, 11) is 0. The van der Waals surface area contributed by atoms with Crippen molar-refractivity contribution < 1.29 is 4.84 Å². The maximum atomic E-state index is 4.81. The maximum absolute atomic E-state index is 4.81. The summed E-state index contributed by atoms with van der Waals surface area (Å²) in [6, 6.07) is 0. The molecule has 0 aromatic carbocycles. The van der Waals surface area contributed by atoms with E-state index in [9.17, 15) is 0 Å². The van der Waals surface area contributed by atoms with E-state index >= 15 is 0 Å². The lowest BCUT2D eigenvalue weighted by Crippen LogP contribution is -1.99. The first-order valence-electron chi connectivity index (χ1n) is 3.23. The van der Waals surface area contributed by atoms with Crippen molar-refractivity contribution in [2.45, 2.75) is 32.6 Å². The van der Waals surface area contributed by atoms with Crippen molar-refractivity contribution in [3.05, 3.63) is 0 Å². The van der Waals surface area contributed by atoms with Crippen LogP contribution in [0.5, 0.6) is 0 Å². The molecule has 0 aliphatic heterocycles. The van der Waals surface area contributed by atoms with Crippen molar-refractivity contribution in [3.8, 4) is 0 Å². The van der Waals surface area contributed by atoms with E-state index in [-0.39, 0.29) is 0 Å². The Morgan fingerprint density at radius 3 is 2.50 bits per heavy atom. The van der Waals surface area contributed by atoms with E-state index in [1.165, 1.54) is 19.3 Å². The van der Waals surface area contributed by atoms with Gasteiger partial charge in [-0.15, -0.1) is 0 Å². The van der Waals surface area contributed by atoms with Gasteiger partial charge in [0.2, 0.25) is 0 Å². The molecule has 0 rings (SSSR count). The molecule has 0 fully saturated rings. The molecular formula is C6H15NO. The summed E-state index contributed by atoms with van der Waals surface area (Å²) in [5.74, 6) is 4.81. The third-order valence-electron chi connectivity index (χ3n) is 1.12. The first-order chi connectivity index (χ1) is 3.91. The second kappa shape index (κ2) is 6.92. The maximum Gasteiger partial charge on any atom is 0.0679 e. The van der Waals surface area contributed by atoms with E-state index < -0.39 is 0 Å². The number of hydrogen-bond donors (Lipinski definition) is 1. The van der Waals surface area contributed by atoms with Crippen LogP contribution in [0.4, 0.5) is 0 Å². The van der Waals surface area contributed by atoms with Crippen LogP contribution in [-0.4, -0.2) is 6.61 Å². The highest BCUT2D eigenvalue weighted by atomic mass is 16.6. The second-order valence-electron chi connectivity index (χ2n) is 1.93. The van der Waals surface area contributed by atoms with E-state index in [0.29, 0.717) is 6.61 Å². The highest BCUT2D eigenvalue weighted by molar-refractivity contribution is 4.36. The normalized spacial score (nSPS) is 9.75. The van der Waals surface area contributed by atoms with Gasteiger partial charge < -0.3 is 4.84 Å². The zero-order valence-corrected chi connectivity index (χ0v) is 5.52. The highest BCUT2D eigenvalue weighted by Gasteiger charge is 1.83. The van der Waals surface area contributed by atoms with Crippen LogP contribution < -0.4 is 5.90 Å². The van der Waals surface area contributed by atoms with Crippen LogP contribution in [0.15, 0.2) is 0 Å². The molecule has 2 N–H and O–H groups in total. The SMILES string of the molecule is CCCCCCON. The van der Waals surface area contributed by atoms with E-state index in [1.807, 2.05) is 0 Å². The zero-order valence-electron chi connectivity index (χ0n) is 5.52. The molecule has 8 heavy (non-hydrogen) atoms. The highest BCUT2D eigenvalue weighted by Crippen LogP contribution is 1.97. The van der Waals surface area contributed by atoms with Gasteiger partial charge in [-0.25, -0.2) is 5.90 Å². The van der Waals surface area contributed by atoms with Crippen LogP contribution in [0.25, 0.3) is 0 Å². The molecule has 0 unspecified atom stereocenters. The van der Waals surface area contributed by atoms with Gasteiger partial charge in [-0.1, -0.05) is 26.2 Å². The molecule has 0 radical (unpaired) electrons. The average Bonchev–Trinajstić information content (AvgIpc) is 1.81. The Hall–Kier alpha value is -0.0800. The van der Waals surface area contributed by atoms with Gasteiger partial charge in [0, 0.05) is 0 Å². The molecule has 0 amide bonds. The molecule has 0 saturated carbocycles. The summed E-state index contributed by atoms with van der Waals surface area (Å²) in [6.45, 7) is 2.89. The van der Waals surface area contributed by atoms with Crippen LogP contribution >= 0.6 is 0 Å². The second-order valence-corrected chi connectivity index (χ2v) is 1.93. The van der Waals surface area contributed by atoms with Gasteiger partial charge in [0.25, 0.3) is 0 Å². The fraction of sp³-hybridized carbons (Fsp3) is 1.00. The van der Waals surface area contributed by atoms with Gasteiger partial charge in [0.15, 0.2) is 0 Å². The summed E-state index contributed by atoms with van der Waals surface area (Å²) in [5.41, 5.74) is 0. The standard InChI is InChI=1S/C6H15NO/c1-2-3-4-5-6-8-7/h2-7H2,1H3. The van der Waals surface area contributed by atoms with Gasteiger partial charge in [-0.2, -0.15) is 0 Å². The molecule has 0 saturated heterocycles. The largest absolute Gasteiger partial charge is 0.305 e. The molecule has 0 heterocycles. The van der Waals surface area contributed by atoms with Crippen LogP contribution in [0, 0.1) is 0 Å². The van der Waals surface area contributed by atoms with Crippen molar-refractivity contribution >= 4 is 0 Å². The van der Waals surface area contributed by atoms with Crippen molar-refractivity contribution in [2.75, 3.05) is 6.61 Å². The van der Waals surface area contributed by atoms with Crippen molar-refractivity contribution in [1.29, 1.82) is 0 Å². The summed E-state index contributed by atoms with van der Waals surface area (Å²) in [6.07, 6.45) is 4.91. The van der Waals surface area contributed by atoms with Crippen LogP contribution in [-0.2, 0) is 4.84 Å². The van der Waals surface area contributed by atoms with Crippen molar-refractivity contribution in [3.63, 3.8) is 0 Å². The van der Waals surface area contributed by atoms with E-state index in [4.69, 9.17) is 5.90 Å². The number of unbranched alkanes of at least 4 members (excludes halogenated alkanes) is 3. The lowest BCUT2D eigenvalue weighted by molar-refractivity contribution is 0.133. The summed E-state index contributed by atoms with van der Waals surface area (Å²) in [5, 5.41) is 0. The Morgan fingerprint density at radius 1 is 1.25 bits per heavy atom. The Morgan fingerprint density at radius 2 is 2.00 bits per heavy atom. The Balaban J connectivity index is 2.53. The third-order valence-corrected chi connectivity index (χ3v) is 1.12. The molecule has 0 spiro atoms. The van der Waals surface area contributed by atoms with Gasteiger partial charge in [-0.05, 0) is 6.42 Å². The molecule has 0 aromatic heterocycles. The summed E-state index contributed by atoms with van der Waals surface area (Å²) >= 11 is 0. The fourth-order valence-electron chi connectivity index (χ4n) is 0.612. The Labute approximate surface area is 51.0 Å². The van der Waals surface area contributed by atoms with E-state index in [2.05, 4.69) is 11.8 Å². The Bertz CT molecular complexity index is 33.5. The minimum Gasteiger partial charge on any atom is -0.305 e. The molecular weight excluding hydrogens is 102 g/mol. The van der Waals surface area contributed by atoms with E-state index in [0.717, 1.165) is 6.42 Å². The molecule has 50 valence electrons. The number of hydrogen-bond acceptors (Lipinski definition) is 2. The van der Waals surface area contributed by atoms with E-state index in [1.54, 1.807) is 0 Å². The quantitative estimate of drug-likeness (QED) is 0.437. The predicted octanol–water partition coefficient (Wildman–Crippen LogP) is 1.46. The molecule has 2 nitrogen and oxygen atoms in total. The average molecular weight is 117 g/mol. The third kappa shape index (κ3) is 5.92. The smallest absolute Gasteiger partial charge is 0.0679 e. The lowest BCUT2D eigenvalue weighted by atomic mass is 10.2. The summed E-state index contributed by atoms with van der Waals surface area (Å²) < 4.78 is 0. The van der Waals surface area contributed by atoms with Crippen molar-refractivity contribution in [2.24, 2.45) is 5.90 Å². The minimum atomic E-state index is 0.708. The lowest BCUT2D eigenvalue weighted by Gasteiger charge is -1.94. The molecule has 0 bridgehead atoms. The van der Waals surface area contributed by atoms with Gasteiger partial charge in [-0.3, -0.25) is 0 Å².